The van der Waals surface area contributed by atoms with Gasteiger partial charge >= 0.3 is 0 Å². The Morgan fingerprint density at radius 1 is 1.42 bits per heavy atom. The first kappa shape index (κ1) is 18.6. The number of amides is 1. The normalized spacial score (nSPS) is 21.2. The fourth-order valence-corrected chi connectivity index (χ4v) is 2.89. The van der Waals surface area contributed by atoms with Gasteiger partial charge in [-0.3, -0.25) is 4.79 Å². The Kier molecular flexibility index (Phi) is 6.53. The van der Waals surface area contributed by atoms with Crippen LogP contribution in [0.25, 0.3) is 0 Å². The minimum atomic E-state index is -1.43. The zero-order valence-corrected chi connectivity index (χ0v) is 14.3. The molecule has 0 bridgehead atoms. The van der Waals surface area contributed by atoms with Crippen LogP contribution in [-0.4, -0.2) is 61.9 Å². The molecule has 0 aliphatic carbocycles. The molecule has 24 heavy (non-hydrogen) atoms. The molecule has 1 aromatic rings. The number of aliphatic hydroxyl groups is 1. The second kappa shape index (κ2) is 8.41. The minimum absolute atomic E-state index is 0.126. The molecule has 2 rings (SSSR count). The third-order valence-electron chi connectivity index (χ3n) is 4.29. The van der Waals surface area contributed by atoms with Crippen molar-refractivity contribution in [1.29, 1.82) is 0 Å². The van der Waals surface area contributed by atoms with E-state index >= 15 is 0 Å². The third-order valence-corrected chi connectivity index (χ3v) is 4.29. The molecular formula is C17H26FN3O3. The van der Waals surface area contributed by atoms with Gasteiger partial charge in [-0.1, -0.05) is 0 Å². The van der Waals surface area contributed by atoms with E-state index in [0.29, 0.717) is 37.2 Å². The van der Waals surface area contributed by atoms with Crippen LogP contribution in [0.1, 0.15) is 18.4 Å². The molecule has 1 amide bonds. The molecule has 1 aromatic carbocycles. The zero-order valence-electron chi connectivity index (χ0n) is 14.3. The monoisotopic (exact) mass is 339 g/mol. The Morgan fingerprint density at radius 3 is 2.92 bits per heavy atom. The van der Waals surface area contributed by atoms with Gasteiger partial charge in [-0.15, -0.1) is 0 Å². The number of carbonyl (C=O) groups excluding carboxylic acids is 1. The van der Waals surface area contributed by atoms with Crippen LogP contribution in [-0.2, 0) is 11.3 Å². The highest BCUT2D eigenvalue weighted by molar-refractivity contribution is 5.86. The second-order valence-corrected chi connectivity index (χ2v) is 6.10. The standard InChI is InChI=1S/C17H26FN3O3/c1-19-7-8-20-12-17(23)6-3-9-21(16(17)22)11-13-10-14(24-2)4-5-15(13)18/h4-5,10,19-20,23H,3,6-9,11-12H2,1-2H3/t17-/m1/s1. The lowest BCUT2D eigenvalue weighted by atomic mass is 9.91. The maximum atomic E-state index is 14.0. The summed E-state index contributed by atoms with van der Waals surface area (Å²) in [4.78, 5) is 14.2. The molecule has 7 heteroatoms. The smallest absolute Gasteiger partial charge is 0.256 e. The number of piperidine rings is 1. The molecule has 1 atom stereocenters. The molecular weight excluding hydrogens is 313 g/mol. The van der Waals surface area contributed by atoms with Crippen LogP contribution in [0.2, 0.25) is 0 Å². The number of rotatable bonds is 8. The van der Waals surface area contributed by atoms with Crippen molar-refractivity contribution in [2.75, 3.05) is 40.3 Å². The van der Waals surface area contributed by atoms with Crippen LogP contribution in [0, 0.1) is 5.82 Å². The highest BCUT2D eigenvalue weighted by Crippen LogP contribution is 2.25. The number of halogens is 1. The number of hydrogen-bond acceptors (Lipinski definition) is 5. The highest BCUT2D eigenvalue weighted by atomic mass is 19.1. The van der Waals surface area contributed by atoms with E-state index in [1.807, 2.05) is 7.05 Å². The predicted molar refractivity (Wildman–Crippen MR) is 89.3 cm³/mol. The van der Waals surface area contributed by atoms with Gasteiger partial charge in [0.25, 0.3) is 5.91 Å². The summed E-state index contributed by atoms with van der Waals surface area (Å²) in [7, 11) is 3.35. The number of benzene rings is 1. The number of nitrogens with zero attached hydrogens (tertiary/aromatic N) is 1. The summed E-state index contributed by atoms with van der Waals surface area (Å²) in [5.74, 6) is -0.197. The Bertz CT molecular complexity index is 570. The lowest BCUT2D eigenvalue weighted by molar-refractivity contribution is -0.157. The third kappa shape index (κ3) is 4.43. The summed E-state index contributed by atoms with van der Waals surface area (Å²) in [5.41, 5.74) is -1.04. The molecule has 1 fully saturated rings. The van der Waals surface area contributed by atoms with E-state index in [0.717, 1.165) is 6.54 Å². The number of hydrogen-bond donors (Lipinski definition) is 3. The van der Waals surface area contributed by atoms with E-state index < -0.39 is 5.60 Å². The van der Waals surface area contributed by atoms with Gasteiger partial charge in [0.15, 0.2) is 5.60 Å². The van der Waals surface area contributed by atoms with Gasteiger partial charge < -0.3 is 25.4 Å². The number of likely N-dealkylation sites (N-methyl/N-ethyl adjacent to an activating group) is 1. The maximum absolute atomic E-state index is 14.0. The van der Waals surface area contributed by atoms with Crippen molar-refractivity contribution >= 4 is 5.91 Å². The first-order valence-electron chi connectivity index (χ1n) is 8.19. The van der Waals surface area contributed by atoms with Gasteiger partial charge in [-0.05, 0) is 38.1 Å². The van der Waals surface area contributed by atoms with Crippen LogP contribution in [0.15, 0.2) is 18.2 Å². The first-order chi connectivity index (χ1) is 11.5. The van der Waals surface area contributed by atoms with Gasteiger partial charge in [-0.25, -0.2) is 4.39 Å². The van der Waals surface area contributed by atoms with Gasteiger partial charge in [0, 0.05) is 38.3 Å². The largest absolute Gasteiger partial charge is 0.497 e. The summed E-state index contributed by atoms with van der Waals surface area (Å²) in [6.07, 6.45) is 1.09. The Balaban J connectivity index is 2.04. The minimum Gasteiger partial charge on any atom is -0.497 e. The molecule has 134 valence electrons. The fraction of sp³-hybridized carbons (Fsp3) is 0.588. The SMILES string of the molecule is CNCCNC[C@]1(O)CCCN(Cc2cc(OC)ccc2F)C1=O. The molecule has 0 radical (unpaired) electrons. The van der Waals surface area contributed by atoms with Gasteiger partial charge in [0.1, 0.15) is 11.6 Å². The molecule has 0 unspecified atom stereocenters. The quantitative estimate of drug-likeness (QED) is 0.602. The van der Waals surface area contributed by atoms with E-state index in [1.165, 1.54) is 18.1 Å². The van der Waals surface area contributed by atoms with E-state index in [4.69, 9.17) is 4.74 Å². The number of nitrogens with one attached hydrogen (secondary N) is 2. The van der Waals surface area contributed by atoms with Crippen molar-refractivity contribution in [3.8, 4) is 5.75 Å². The van der Waals surface area contributed by atoms with Gasteiger partial charge in [-0.2, -0.15) is 0 Å². The van der Waals surface area contributed by atoms with Crippen molar-refractivity contribution in [2.24, 2.45) is 0 Å². The van der Waals surface area contributed by atoms with Gasteiger partial charge in [0.2, 0.25) is 0 Å². The van der Waals surface area contributed by atoms with E-state index in [2.05, 4.69) is 10.6 Å². The average Bonchev–Trinajstić information content (AvgIpc) is 2.58. The maximum Gasteiger partial charge on any atom is 0.256 e. The molecule has 0 aromatic heterocycles. The van der Waals surface area contributed by atoms with E-state index in [1.54, 1.807) is 12.1 Å². The molecule has 6 nitrogen and oxygen atoms in total. The van der Waals surface area contributed by atoms with Crippen LogP contribution in [0.3, 0.4) is 0 Å². The predicted octanol–water partition coefficient (Wildman–Crippen LogP) is 0.497. The lowest BCUT2D eigenvalue weighted by Crippen LogP contribution is -2.58. The number of carbonyl (C=O) groups is 1. The molecule has 0 spiro atoms. The first-order valence-corrected chi connectivity index (χ1v) is 8.19. The number of likely N-dealkylation sites (tertiary alicyclic amines) is 1. The molecule has 1 aliphatic rings. The van der Waals surface area contributed by atoms with E-state index in [-0.39, 0.29) is 24.8 Å². The van der Waals surface area contributed by atoms with Crippen molar-refractivity contribution < 1.29 is 19.0 Å². The van der Waals surface area contributed by atoms with Gasteiger partial charge in [0.05, 0.1) is 7.11 Å². The summed E-state index contributed by atoms with van der Waals surface area (Å²) in [6.45, 7) is 2.25. The molecule has 0 saturated carbocycles. The van der Waals surface area contributed by atoms with Crippen molar-refractivity contribution in [3.05, 3.63) is 29.6 Å². The van der Waals surface area contributed by atoms with Crippen LogP contribution >= 0.6 is 0 Å². The highest BCUT2D eigenvalue weighted by Gasteiger charge is 2.41. The fourth-order valence-electron chi connectivity index (χ4n) is 2.89. The summed E-state index contributed by atoms with van der Waals surface area (Å²) >= 11 is 0. The van der Waals surface area contributed by atoms with Crippen molar-refractivity contribution in [3.63, 3.8) is 0 Å². The Hall–Kier alpha value is -1.70. The topological polar surface area (TPSA) is 73.8 Å². The zero-order chi connectivity index (χ0) is 17.6. The molecule has 3 N–H and O–H groups in total. The van der Waals surface area contributed by atoms with Crippen molar-refractivity contribution in [1.82, 2.24) is 15.5 Å². The van der Waals surface area contributed by atoms with Crippen molar-refractivity contribution in [2.45, 2.75) is 25.0 Å². The average molecular weight is 339 g/mol. The Labute approximate surface area is 142 Å². The van der Waals surface area contributed by atoms with E-state index in [9.17, 15) is 14.3 Å². The summed E-state index contributed by atoms with van der Waals surface area (Å²) in [5, 5.41) is 16.7. The van der Waals surface area contributed by atoms with Crippen LogP contribution in [0.4, 0.5) is 4.39 Å². The lowest BCUT2D eigenvalue weighted by Gasteiger charge is -2.38. The van der Waals surface area contributed by atoms with Crippen LogP contribution in [0.5, 0.6) is 5.75 Å². The second-order valence-electron chi connectivity index (χ2n) is 6.10. The molecule has 1 saturated heterocycles. The Morgan fingerprint density at radius 2 is 2.21 bits per heavy atom. The molecule has 1 heterocycles. The summed E-state index contributed by atoms with van der Waals surface area (Å²) < 4.78 is 19.1. The van der Waals surface area contributed by atoms with Crippen LogP contribution < -0.4 is 15.4 Å². The number of methoxy groups -OCH3 is 1. The number of ether oxygens (including phenoxy) is 1. The molecule has 1 aliphatic heterocycles. The summed E-state index contributed by atoms with van der Waals surface area (Å²) in [6, 6.07) is 4.45.